The predicted molar refractivity (Wildman–Crippen MR) is 145 cm³/mol. The minimum atomic E-state index is -0.685. The van der Waals surface area contributed by atoms with Crippen LogP contribution in [0, 0.1) is 11.2 Å². The number of anilines is 1. The summed E-state index contributed by atoms with van der Waals surface area (Å²) >= 11 is 5.66. The topological polar surface area (TPSA) is 118 Å². The van der Waals surface area contributed by atoms with Crippen molar-refractivity contribution < 1.29 is 19.1 Å². The van der Waals surface area contributed by atoms with Crippen molar-refractivity contribution >= 4 is 28.6 Å². The first-order valence-corrected chi connectivity index (χ1v) is 13.1. The summed E-state index contributed by atoms with van der Waals surface area (Å²) in [5.74, 6) is -0.872. The molecule has 1 aliphatic rings. The molecule has 0 radical (unpaired) electrons. The highest BCUT2D eigenvalue weighted by Gasteiger charge is 2.26. The molecular weight excluding hydrogens is 507 g/mol. The predicted octanol–water partition coefficient (Wildman–Crippen LogP) is 5.15. The highest BCUT2D eigenvalue weighted by molar-refractivity contribution is 6.64. The maximum absolute atomic E-state index is 15.0. The van der Waals surface area contributed by atoms with Crippen molar-refractivity contribution in [1.29, 1.82) is 0 Å². The molecule has 4 rings (SSSR count). The van der Waals surface area contributed by atoms with Gasteiger partial charge in [-0.05, 0) is 67.0 Å². The highest BCUT2D eigenvalue weighted by atomic mass is 35.5. The number of halogens is 2. The number of aliphatic hydroxyl groups excluding tert-OH is 1. The molecule has 0 unspecified atom stereocenters. The van der Waals surface area contributed by atoms with Gasteiger partial charge in [0.25, 0.3) is 5.91 Å². The van der Waals surface area contributed by atoms with Crippen LogP contribution in [0.2, 0.25) is 0 Å². The van der Waals surface area contributed by atoms with E-state index in [4.69, 9.17) is 17.3 Å². The lowest BCUT2D eigenvalue weighted by atomic mass is 9.85. The van der Waals surface area contributed by atoms with Gasteiger partial charge in [-0.1, -0.05) is 44.2 Å². The van der Waals surface area contributed by atoms with Crippen LogP contribution in [-0.2, 0) is 17.8 Å². The molecule has 1 aliphatic carbocycles. The SMILES string of the molecule is CC(C)(Cc1ccc(CNC(=O)c2ccc(-c3nc(C4CCC(O)CC4)cnc3N)cc2F)cc1)C(=O)Cl. The molecular formula is C29H32ClFN4O3. The Bertz CT molecular complexity index is 1320. The van der Waals surface area contributed by atoms with Gasteiger partial charge in [0.15, 0.2) is 0 Å². The van der Waals surface area contributed by atoms with Crippen LogP contribution in [0.1, 0.15) is 72.6 Å². The zero-order valence-corrected chi connectivity index (χ0v) is 22.3. The fourth-order valence-electron chi connectivity index (χ4n) is 4.67. The lowest BCUT2D eigenvalue weighted by Gasteiger charge is -2.25. The van der Waals surface area contributed by atoms with E-state index in [1.54, 1.807) is 26.1 Å². The van der Waals surface area contributed by atoms with E-state index in [2.05, 4.69) is 15.3 Å². The van der Waals surface area contributed by atoms with Gasteiger partial charge in [0.1, 0.15) is 17.3 Å². The number of hydrogen-bond acceptors (Lipinski definition) is 6. The Morgan fingerprint density at radius 3 is 2.39 bits per heavy atom. The molecule has 1 amide bonds. The van der Waals surface area contributed by atoms with Crippen molar-refractivity contribution in [3.8, 4) is 11.3 Å². The largest absolute Gasteiger partial charge is 0.393 e. The van der Waals surface area contributed by atoms with Crippen molar-refractivity contribution in [2.75, 3.05) is 5.73 Å². The molecule has 1 saturated carbocycles. The smallest absolute Gasteiger partial charge is 0.254 e. The molecule has 0 atom stereocenters. The molecule has 1 aromatic heterocycles. The van der Waals surface area contributed by atoms with Crippen molar-refractivity contribution in [2.45, 2.75) is 64.5 Å². The number of nitrogens with zero attached hydrogens (tertiary/aromatic N) is 2. The second-order valence-electron chi connectivity index (χ2n) is 10.6. The van der Waals surface area contributed by atoms with Gasteiger partial charge in [-0.2, -0.15) is 0 Å². The quantitative estimate of drug-likeness (QED) is 0.341. The third-order valence-corrected chi connectivity index (χ3v) is 7.59. The molecule has 2 aromatic carbocycles. The zero-order valence-electron chi connectivity index (χ0n) is 21.5. The van der Waals surface area contributed by atoms with Gasteiger partial charge in [0.05, 0.1) is 23.6 Å². The summed E-state index contributed by atoms with van der Waals surface area (Å²) in [7, 11) is 0. The Labute approximate surface area is 226 Å². The van der Waals surface area contributed by atoms with Gasteiger partial charge in [-0.15, -0.1) is 0 Å². The number of nitrogen functional groups attached to an aromatic ring is 1. The van der Waals surface area contributed by atoms with Gasteiger partial charge in [-0.3, -0.25) is 9.59 Å². The molecule has 9 heteroatoms. The zero-order chi connectivity index (χ0) is 27.4. The fourth-order valence-corrected chi connectivity index (χ4v) is 4.74. The number of aromatic nitrogens is 2. The number of benzene rings is 2. The van der Waals surface area contributed by atoms with Crippen LogP contribution >= 0.6 is 11.6 Å². The molecule has 4 N–H and O–H groups in total. The van der Waals surface area contributed by atoms with Crippen molar-refractivity contribution in [3.05, 3.63) is 76.9 Å². The Morgan fingerprint density at radius 1 is 1.11 bits per heavy atom. The second-order valence-corrected chi connectivity index (χ2v) is 10.9. The number of nitrogens with one attached hydrogen (secondary N) is 1. The van der Waals surface area contributed by atoms with Crippen molar-refractivity contribution in [2.24, 2.45) is 5.41 Å². The van der Waals surface area contributed by atoms with E-state index in [9.17, 15) is 14.7 Å². The number of amides is 1. The van der Waals surface area contributed by atoms with Crippen LogP contribution < -0.4 is 11.1 Å². The first kappa shape index (κ1) is 27.7. The summed E-state index contributed by atoms with van der Waals surface area (Å²) in [6, 6.07) is 11.7. The van der Waals surface area contributed by atoms with E-state index >= 15 is 4.39 Å². The minimum absolute atomic E-state index is 0.0864. The summed E-state index contributed by atoms with van der Waals surface area (Å²) in [6.45, 7) is 3.79. The maximum atomic E-state index is 15.0. The molecule has 0 spiro atoms. The monoisotopic (exact) mass is 538 g/mol. The number of carbonyl (C=O) groups is 2. The molecule has 3 aromatic rings. The van der Waals surface area contributed by atoms with Crippen LogP contribution in [-0.4, -0.2) is 32.3 Å². The number of rotatable bonds is 8. The van der Waals surface area contributed by atoms with Crippen LogP contribution in [0.25, 0.3) is 11.3 Å². The van der Waals surface area contributed by atoms with Gasteiger partial charge in [-0.25, -0.2) is 14.4 Å². The average Bonchev–Trinajstić information content (AvgIpc) is 2.88. The first-order valence-electron chi connectivity index (χ1n) is 12.7. The van der Waals surface area contributed by atoms with Crippen LogP contribution in [0.5, 0.6) is 0 Å². The molecule has 200 valence electrons. The Hall–Kier alpha value is -3.36. The standard InChI is InChI=1S/C29H32ClFN4O3/c1-29(2,28(30)38)14-17-3-5-18(6-4-17)15-34-27(37)22-12-9-20(13-23(22)31)25-26(32)33-16-24(35-25)19-7-10-21(36)11-8-19/h3-6,9,12-13,16,19,21,36H,7-8,10-11,14-15H2,1-2H3,(H2,32,33)(H,34,37). The molecule has 1 fully saturated rings. The normalized spacial score (nSPS) is 17.7. The minimum Gasteiger partial charge on any atom is -0.393 e. The molecule has 0 bridgehead atoms. The van der Waals surface area contributed by atoms with E-state index in [0.29, 0.717) is 30.5 Å². The first-order chi connectivity index (χ1) is 18.0. The van der Waals surface area contributed by atoms with Crippen LogP contribution in [0.15, 0.2) is 48.7 Å². The summed E-state index contributed by atoms with van der Waals surface area (Å²) in [4.78, 5) is 33.2. The Balaban J connectivity index is 1.42. The summed E-state index contributed by atoms with van der Waals surface area (Å²) in [5, 5.41) is 12.1. The Kier molecular flexibility index (Phi) is 8.43. The molecule has 38 heavy (non-hydrogen) atoms. The molecule has 1 heterocycles. The van der Waals surface area contributed by atoms with E-state index < -0.39 is 22.4 Å². The van der Waals surface area contributed by atoms with Gasteiger partial charge in [0.2, 0.25) is 5.24 Å². The number of hydrogen-bond donors (Lipinski definition) is 3. The number of carbonyl (C=O) groups excluding carboxylic acids is 2. The fraction of sp³-hybridized carbons (Fsp3) is 0.379. The summed E-state index contributed by atoms with van der Waals surface area (Å²) < 4.78 is 15.0. The lowest BCUT2D eigenvalue weighted by molar-refractivity contribution is -0.118. The van der Waals surface area contributed by atoms with Gasteiger partial charge in [0, 0.05) is 23.4 Å². The van der Waals surface area contributed by atoms with Gasteiger partial charge >= 0.3 is 0 Å². The Morgan fingerprint density at radius 2 is 1.76 bits per heavy atom. The maximum Gasteiger partial charge on any atom is 0.254 e. The van der Waals surface area contributed by atoms with Crippen molar-refractivity contribution in [1.82, 2.24) is 15.3 Å². The number of nitrogens with two attached hydrogens (primary N) is 1. The number of aliphatic hydroxyl groups is 1. The summed E-state index contributed by atoms with van der Waals surface area (Å²) in [6.07, 6.45) is 4.90. The van der Waals surface area contributed by atoms with E-state index in [1.165, 1.54) is 12.1 Å². The molecule has 0 saturated heterocycles. The van der Waals surface area contributed by atoms with E-state index in [1.807, 2.05) is 24.3 Å². The highest BCUT2D eigenvalue weighted by Crippen LogP contribution is 2.34. The lowest BCUT2D eigenvalue weighted by Crippen LogP contribution is -2.24. The van der Waals surface area contributed by atoms with E-state index in [-0.39, 0.29) is 29.9 Å². The van der Waals surface area contributed by atoms with Crippen molar-refractivity contribution in [3.63, 3.8) is 0 Å². The average molecular weight is 539 g/mol. The summed E-state index contributed by atoms with van der Waals surface area (Å²) in [5.41, 5.74) is 8.67. The van der Waals surface area contributed by atoms with E-state index in [0.717, 1.165) is 29.7 Å². The molecule has 0 aliphatic heterocycles. The second kappa shape index (κ2) is 11.6. The van der Waals surface area contributed by atoms with Gasteiger partial charge < -0.3 is 16.2 Å². The molecule has 7 nitrogen and oxygen atoms in total. The third kappa shape index (κ3) is 6.55. The third-order valence-electron chi connectivity index (χ3n) is 7.08. The van der Waals surface area contributed by atoms with Crippen LogP contribution in [0.4, 0.5) is 10.2 Å². The van der Waals surface area contributed by atoms with Crippen LogP contribution in [0.3, 0.4) is 0 Å².